The lowest BCUT2D eigenvalue weighted by Gasteiger charge is -2.31. The number of carbonyl (C=O) groups excluding carboxylic acids is 1. The second-order valence-electron chi connectivity index (χ2n) is 9.65. The lowest BCUT2D eigenvalue weighted by molar-refractivity contribution is -0.139. The van der Waals surface area contributed by atoms with E-state index >= 15 is 0 Å². The van der Waals surface area contributed by atoms with Gasteiger partial charge in [0.1, 0.15) is 0 Å². The van der Waals surface area contributed by atoms with Crippen molar-refractivity contribution >= 4 is 23.5 Å². The Morgan fingerprint density at radius 3 is 2.26 bits per heavy atom. The number of nitrogens with zero attached hydrogens (tertiary/aromatic N) is 3. The van der Waals surface area contributed by atoms with Crippen molar-refractivity contribution in [2.45, 2.75) is 25.2 Å². The number of hydrogen-bond acceptors (Lipinski definition) is 6. The molecule has 0 saturated heterocycles. The van der Waals surface area contributed by atoms with E-state index in [4.69, 9.17) is 26.6 Å². The molecule has 1 unspecified atom stereocenters. The number of halogens is 1. The molecule has 0 radical (unpaired) electrons. The standard InChI is InChI=1S/C32H31ClN4O5/c1-21-28(31(38)39)29(24-13-8-14-25(33)19-24)30(27(36-21)20-41-18-16-35-37-34)32(40)42-17-15-26(22-9-4-2-5-10-22)23-11-6-3-7-12-23/h2-14,19,26,29,36H,15-18,20H2,1H3,(H,38,39). The maximum absolute atomic E-state index is 13.9. The lowest BCUT2D eigenvalue weighted by atomic mass is 9.80. The van der Waals surface area contributed by atoms with E-state index < -0.39 is 17.9 Å². The van der Waals surface area contributed by atoms with Crippen molar-refractivity contribution in [1.82, 2.24) is 5.32 Å². The summed E-state index contributed by atoms with van der Waals surface area (Å²) in [4.78, 5) is 29.0. The zero-order chi connectivity index (χ0) is 29.9. The average molecular weight is 587 g/mol. The molecule has 0 aromatic heterocycles. The van der Waals surface area contributed by atoms with Gasteiger partial charge in [-0.1, -0.05) is 89.5 Å². The van der Waals surface area contributed by atoms with Crippen LogP contribution in [-0.2, 0) is 19.1 Å². The number of carboxylic acids is 1. The summed E-state index contributed by atoms with van der Waals surface area (Å²) in [5.41, 5.74) is 12.1. The number of carbonyl (C=O) groups is 2. The first-order valence-electron chi connectivity index (χ1n) is 13.5. The van der Waals surface area contributed by atoms with Crippen LogP contribution >= 0.6 is 11.6 Å². The predicted molar refractivity (Wildman–Crippen MR) is 160 cm³/mol. The average Bonchev–Trinajstić information content (AvgIpc) is 2.99. The SMILES string of the molecule is CC1=C(C(=O)O)C(c2cccc(Cl)c2)C(C(=O)OCCC(c2ccccc2)c2ccccc2)=C(COCCN=[N+]=[N-])N1. The minimum atomic E-state index is -1.17. The van der Waals surface area contributed by atoms with Crippen molar-refractivity contribution in [3.63, 3.8) is 0 Å². The van der Waals surface area contributed by atoms with Gasteiger partial charge in [-0.3, -0.25) is 0 Å². The Labute approximate surface area is 249 Å². The fourth-order valence-corrected chi connectivity index (χ4v) is 5.32. The van der Waals surface area contributed by atoms with Crippen LogP contribution in [0.2, 0.25) is 5.02 Å². The minimum Gasteiger partial charge on any atom is -0.478 e. The number of benzene rings is 3. The molecule has 0 fully saturated rings. The van der Waals surface area contributed by atoms with Crippen LogP contribution < -0.4 is 5.32 Å². The normalized spacial score (nSPS) is 14.8. The number of carboxylic acid groups (broad SMARTS) is 1. The molecule has 216 valence electrons. The van der Waals surface area contributed by atoms with Gasteiger partial charge in [0.2, 0.25) is 0 Å². The molecule has 1 atom stereocenters. The van der Waals surface area contributed by atoms with Gasteiger partial charge in [0.15, 0.2) is 0 Å². The van der Waals surface area contributed by atoms with Crippen molar-refractivity contribution in [2.24, 2.45) is 5.11 Å². The number of esters is 1. The molecule has 1 heterocycles. The van der Waals surface area contributed by atoms with Gasteiger partial charge in [0.05, 0.1) is 42.6 Å². The molecule has 4 rings (SSSR count). The molecule has 0 spiro atoms. The number of ether oxygens (including phenoxy) is 2. The summed E-state index contributed by atoms with van der Waals surface area (Å²) in [7, 11) is 0. The fraction of sp³-hybridized carbons (Fsp3) is 0.250. The monoisotopic (exact) mass is 586 g/mol. The summed E-state index contributed by atoms with van der Waals surface area (Å²) >= 11 is 6.28. The largest absolute Gasteiger partial charge is 0.478 e. The number of allylic oxidation sites excluding steroid dienone is 1. The van der Waals surface area contributed by atoms with E-state index in [1.54, 1.807) is 31.2 Å². The first kappa shape index (κ1) is 30.4. The van der Waals surface area contributed by atoms with Crippen molar-refractivity contribution in [3.8, 4) is 0 Å². The summed E-state index contributed by atoms with van der Waals surface area (Å²) in [5, 5.41) is 17.1. The Hall–Kier alpha value is -4.56. The van der Waals surface area contributed by atoms with Crippen molar-refractivity contribution in [1.29, 1.82) is 0 Å². The molecule has 3 aromatic carbocycles. The van der Waals surface area contributed by atoms with E-state index in [0.717, 1.165) is 11.1 Å². The zero-order valence-corrected chi connectivity index (χ0v) is 23.8. The van der Waals surface area contributed by atoms with Gasteiger partial charge in [-0.15, -0.1) is 0 Å². The van der Waals surface area contributed by atoms with Crippen LogP contribution in [-0.4, -0.2) is 43.4 Å². The number of hydrogen-bond donors (Lipinski definition) is 2. The predicted octanol–water partition coefficient (Wildman–Crippen LogP) is 6.73. The van der Waals surface area contributed by atoms with E-state index in [0.29, 0.717) is 28.4 Å². The third-order valence-electron chi connectivity index (χ3n) is 6.97. The van der Waals surface area contributed by atoms with Gasteiger partial charge in [-0.25, -0.2) is 9.59 Å². The van der Waals surface area contributed by atoms with Crippen LogP contribution in [0.25, 0.3) is 10.4 Å². The molecule has 0 amide bonds. The van der Waals surface area contributed by atoms with Gasteiger partial charge >= 0.3 is 11.9 Å². The number of azide groups is 1. The summed E-state index contributed by atoms with van der Waals surface area (Å²) in [6.07, 6.45) is 0.515. The number of rotatable bonds is 13. The Balaban J connectivity index is 1.65. The molecule has 3 aromatic rings. The quantitative estimate of drug-likeness (QED) is 0.0749. The molecule has 0 bridgehead atoms. The summed E-state index contributed by atoms with van der Waals surface area (Å²) < 4.78 is 11.5. The molecular formula is C32H31ClN4O5. The summed E-state index contributed by atoms with van der Waals surface area (Å²) in [5.74, 6) is -2.80. The highest BCUT2D eigenvalue weighted by atomic mass is 35.5. The van der Waals surface area contributed by atoms with E-state index in [1.165, 1.54) is 0 Å². The fourth-order valence-electron chi connectivity index (χ4n) is 5.12. The third-order valence-corrected chi connectivity index (χ3v) is 7.20. The van der Waals surface area contributed by atoms with E-state index in [-0.39, 0.29) is 43.4 Å². The van der Waals surface area contributed by atoms with Crippen molar-refractivity contribution in [3.05, 3.63) is 140 Å². The van der Waals surface area contributed by atoms with E-state index in [2.05, 4.69) is 15.3 Å². The van der Waals surface area contributed by atoms with Crippen LogP contribution in [0.5, 0.6) is 0 Å². The topological polar surface area (TPSA) is 134 Å². The van der Waals surface area contributed by atoms with Gasteiger partial charge in [0.25, 0.3) is 0 Å². The Morgan fingerprint density at radius 1 is 1.00 bits per heavy atom. The molecule has 42 heavy (non-hydrogen) atoms. The molecule has 1 aliphatic heterocycles. The number of dihydropyridines is 1. The van der Waals surface area contributed by atoms with Gasteiger partial charge in [0, 0.05) is 28.1 Å². The highest BCUT2D eigenvalue weighted by Gasteiger charge is 2.38. The molecule has 0 aliphatic carbocycles. The Bertz CT molecular complexity index is 1480. The molecule has 2 N–H and O–H groups in total. The highest BCUT2D eigenvalue weighted by molar-refractivity contribution is 6.30. The lowest BCUT2D eigenvalue weighted by Crippen LogP contribution is -2.34. The molecule has 10 heteroatoms. The summed E-state index contributed by atoms with van der Waals surface area (Å²) in [6.45, 7) is 1.90. The molecular weight excluding hydrogens is 556 g/mol. The Morgan fingerprint density at radius 2 is 1.67 bits per heavy atom. The van der Waals surface area contributed by atoms with Crippen molar-refractivity contribution in [2.75, 3.05) is 26.4 Å². The summed E-state index contributed by atoms with van der Waals surface area (Å²) in [6, 6.07) is 26.7. The van der Waals surface area contributed by atoms with Gasteiger partial charge in [-0.05, 0) is 47.7 Å². The van der Waals surface area contributed by atoms with E-state index in [9.17, 15) is 14.7 Å². The molecule has 9 nitrogen and oxygen atoms in total. The second-order valence-corrected chi connectivity index (χ2v) is 10.1. The second kappa shape index (κ2) is 14.9. The van der Waals surface area contributed by atoms with Crippen LogP contribution in [0.1, 0.15) is 41.9 Å². The van der Waals surface area contributed by atoms with Crippen molar-refractivity contribution < 1.29 is 24.2 Å². The zero-order valence-electron chi connectivity index (χ0n) is 23.1. The van der Waals surface area contributed by atoms with Gasteiger partial charge in [-0.2, -0.15) is 0 Å². The van der Waals surface area contributed by atoms with Crippen LogP contribution in [0.3, 0.4) is 0 Å². The minimum absolute atomic E-state index is 0.00787. The van der Waals surface area contributed by atoms with Crippen LogP contribution in [0.4, 0.5) is 0 Å². The highest BCUT2D eigenvalue weighted by Crippen LogP contribution is 2.40. The molecule has 1 aliphatic rings. The third kappa shape index (κ3) is 7.59. The first-order valence-corrected chi connectivity index (χ1v) is 13.8. The smallest absolute Gasteiger partial charge is 0.336 e. The number of nitrogens with one attached hydrogen (secondary N) is 1. The number of aliphatic carboxylic acids is 1. The van der Waals surface area contributed by atoms with Crippen LogP contribution in [0.15, 0.2) is 113 Å². The maximum Gasteiger partial charge on any atom is 0.336 e. The van der Waals surface area contributed by atoms with Gasteiger partial charge < -0.3 is 19.9 Å². The maximum atomic E-state index is 13.9. The van der Waals surface area contributed by atoms with E-state index in [1.807, 2.05) is 60.7 Å². The molecule has 0 saturated carbocycles. The van der Waals surface area contributed by atoms with Crippen LogP contribution in [0, 0.1) is 0 Å². The Kier molecular flexibility index (Phi) is 10.8. The first-order chi connectivity index (χ1) is 20.4.